The van der Waals surface area contributed by atoms with Gasteiger partial charge in [-0.1, -0.05) is 0 Å². The number of hydrogen-bond acceptors (Lipinski definition) is 3. The summed E-state index contributed by atoms with van der Waals surface area (Å²) in [6, 6.07) is 7.67. The molecular weight excluding hydrogens is 254 g/mol. The summed E-state index contributed by atoms with van der Waals surface area (Å²) in [4.78, 5) is 14.2. The van der Waals surface area contributed by atoms with Gasteiger partial charge in [0.05, 0.1) is 13.2 Å². The third-order valence-corrected chi connectivity index (χ3v) is 3.87. The molecule has 0 saturated heterocycles. The Labute approximate surface area is 119 Å². The molecule has 0 aliphatic heterocycles. The fourth-order valence-corrected chi connectivity index (χ4v) is 2.30. The molecular formula is C16H21NO3. The fourth-order valence-electron chi connectivity index (χ4n) is 2.30. The highest BCUT2D eigenvalue weighted by Gasteiger charge is 2.32. The second-order valence-corrected chi connectivity index (χ2v) is 5.73. The Bertz CT molecular complexity index is 463. The van der Waals surface area contributed by atoms with E-state index in [1.165, 1.54) is 12.8 Å². The molecule has 20 heavy (non-hydrogen) atoms. The van der Waals surface area contributed by atoms with E-state index in [-0.39, 0.29) is 12.5 Å². The van der Waals surface area contributed by atoms with Crippen LogP contribution in [0.25, 0.3) is 0 Å². The van der Waals surface area contributed by atoms with E-state index in [0.29, 0.717) is 18.2 Å². The smallest absolute Gasteiger partial charge is 0.254 e. The lowest BCUT2D eigenvalue weighted by molar-refractivity contribution is 0.0707. The van der Waals surface area contributed by atoms with E-state index in [0.717, 1.165) is 31.1 Å². The molecule has 0 aromatic heterocycles. The van der Waals surface area contributed by atoms with E-state index in [4.69, 9.17) is 9.84 Å². The number of rotatable bonds is 7. The Morgan fingerprint density at radius 1 is 1.20 bits per heavy atom. The lowest BCUT2D eigenvalue weighted by Crippen LogP contribution is -2.35. The molecule has 0 atom stereocenters. The van der Waals surface area contributed by atoms with E-state index in [1.54, 1.807) is 4.90 Å². The van der Waals surface area contributed by atoms with E-state index in [9.17, 15) is 4.79 Å². The van der Waals surface area contributed by atoms with Gasteiger partial charge in [0.15, 0.2) is 0 Å². The Kier molecular flexibility index (Phi) is 3.92. The zero-order valence-electron chi connectivity index (χ0n) is 11.6. The first kappa shape index (κ1) is 13.4. The van der Waals surface area contributed by atoms with E-state index >= 15 is 0 Å². The third-order valence-electron chi connectivity index (χ3n) is 3.87. The highest BCUT2D eigenvalue weighted by atomic mass is 16.5. The zero-order valence-corrected chi connectivity index (χ0v) is 11.6. The van der Waals surface area contributed by atoms with Gasteiger partial charge in [-0.25, -0.2) is 0 Å². The molecule has 0 spiro atoms. The summed E-state index contributed by atoms with van der Waals surface area (Å²) >= 11 is 0. The first-order chi connectivity index (χ1) is 9.78. The molecule has 2 saturated carbocycles. The van der Waals surface area contributed by atoms with Crippen molar-refractivity contribution in [2.75, 3.05) is 19.8 Å². The summed E-state index contributed by atoms with van der Waals surface area (Å²) in [5.41, 5.74) is 0.670. The molecule has 0 unspecified atom stereocenters. The van der Waals surface area contributed by atoms with Gasteiger partial charge in [-0.05, 0) is 55.9 Å². The quantitative estimate of drug-likeness (QED) is 0.829. The first-order valence-electron chi connectivity index (χ1n) is 7.42. The minimum Gasteiger partial charge on any atom is -0.493 e. The number of hydrogen-bond donors (Lipinski definition) is 1. The fraction of sp³-hybridized carbons (Fsp3) is 0.562. The van der Waals surface area contributed by atoms with Gasteiger partial charge in [-0.3, -0.25) is 4.79 Å². The molecule has 4 nitrogen and oxygen atoms in total. The maximum Gasteiger partial charge on any atom is 0.254 e. The molecule has 0 heterocycles. The van der Waals surface area contributed by atoms with Gasteiger partial charge in [0.1, 0.15) is 5.75 Å². The van der Waals surface area contributed by atoms with Gasteiger partial charge in [-0.2, -0.15) is 0 Å². The van der Waals surface area contributed by atoms with Crippen molar-refractivity contribution in [1.29, 1.82) is 0 Å². The van der Waals surface area contributed by atoms with E-state index in [2.05, 4.69) is 0 Å². The van der Waals surface area contributed by atoms with Crippen molar-refractivity contribution in [2.24, 2.45) is 5.92 Å². The van der Waals surface area contributed by atoms with Gasteiger partial charge >= 0.3 is 0 Å². The normalized spacial score (nSPS) is 17.9. The number of ether oxygens (including phenoxy) is 1. The van der Waals surface area contributed by atoms with Crippen LogP contribution in [0.2, 0.25) is 0 Å². The van der Waals surface area contributed by atoms with Crippen molar-refractivity contribution < 1.29 is 14.6 Å². The van der Waals surface area contributed by atoms with Gasteiger partial charge in [0.25, 0.3) is 5.91 Å². The highest BCUT2D eigenvalue weighted by Crippen LogP contribution is 2.30. The highest BCUT2D eigenvalue weighted by molar-refractivity contribution is 5.94. The summed E-state index contributed by atoms with van der Waals surface area (Å²) in [5.74, 6) is 1.56. The molecule has 2 aliphatic carbocycles. The van der Waals surface area contributed by atoms with Gasteiger partial charge in [0, 0.05) is 18.2 Å². The Hall–Kier alpha value is -1.55. The van der Waals surface area contributed by atoms with Crippen molar-refractivity contribution >= 4 is 5.91 Å². The molecule has 108 valence electrons. The lowest BCUT2D eigenvalue weighted by atomic mass is 10.2. The Morgan fingerprint density at radius 3 is 2.45 bits per heavy atom. The number of amides is 1. The minimum atomic E-state index is 0.00953. The predicted octanol–water partition coefficient (Wildman–Crippen LogP) is 2.07. The van der Waals surface area contributed by atoms with Crippen LogP contribution < -0.4 is 4.74 Å². The number of carbonyl (C=O) groups is 1. The average molecular weight is 275 g/mol. The topological polar surface area (TPSA) is 49.8 Å². The Morgan fingerprint density at radius 2 is 1.90 bits per heavy atom. The van der Waals surface area contributed by atoms with Gasteiger partial charge in [-0.15, -0.1) is 0 Å². The van der Waals surface area contributed by atoms with Crippen LogP contribution in [0.1, 0.15) is 36.0 Å². The molecule has 4 heteroatoms. The molecule has 2 fully saturated rings. The van der Waals surface area contributed by atoms with Crippen molar-refractivity contribution in [3.63, 3.8) is 0 Å². The Balaban J connectivity index is 1.61. The molecule has 2 aliphatic rings. The molecule has 3 rings (SSSR count). The van der Waals surface area contributed by atoms with Crippen LogP contribution in [0, 0.1) is 5.92 Å². The summed E-state index contributed by atoms with van der Waals surface area (Å²) in [5, 5.41) is 9.07. The molecule has 0 radical (unpaired) electrons. The molecule has 1 N–H and O–H groups in total. The lowest BCUT2D eigenvalue weighted by Gasteiger charge is -2.21. The van der Waals surface area contributed by atoms with Gasteiger partial charge < -0.3 is 14.7 Å². The third kappa shape index (κ3) is 3.31. The summed E-state index contributed by atoms with van der Waals surface area (Å²) in [6.45, 7) is 1.22. The number of carbonyl (C=O) groups excluding carboxylic acids is 1. The first-order valence-corrected chi connectivity index (χ1v) is 7.42. The van der Waals surface area contributed by atoms with Crippen LogP contribution >= 0.6 is 0 Å². The van der Waals surface area contributed by atoms with Crippen molar-refractivity contribution in [2.45, 2.75) is 31.7 Å². The second kappa shape index (κ2) is 5.83. The van der Waals surface area contributed by atoms with E-state index in [1.807, 2.05) is 24.3 Å². The largest absolute Gasteiger partial charge is 0.493 e. The van der Waals surface area contributed by atoms with Crippen molar-refractivity contribution in [3.05, 3.63) is 29.8 Å². The number of aliphatic hydroxyl groups is 1. The maximum absolute atomic E-state index is 12.4. The van der Waals surface area contributed by atoms with Crippen LogP contribution in [0.5, 0.6) is 5.75 Å². The molecule has 1 aromatic carbocycles. The SMILES string of the molecule is O=C(c1ccc(OCC2CC2)cc1)N(CCO)C1CC1. The monoisotopic (exact) mass is 275 g/mol. The summed E-state index contributed by atoms with van der Waals surface area (Å²) in [7, 11) is 0. The van der Waals surface area contributed by atoms with E-state index < -0.39 is 0 Å². The zero-order chi connectivity index (χ0) is 13.9. The average Bonchev–Trinajstić information content (AvgIpc) is 3.36. The van der Waals surface area contributed by atoms with Crippen molar-refractivity contribution in [1.82, 2.24) is 4.90 Å². The van der Waals surface area contributed by atoms with Crippen LogP contribution in [0.15, 0.2) is 24.3 Å². The van der Waals surface area contributed by atoms with Crippen LogP contribution in [0.4, 0.5) is 0 Å². The number of benzene rings is 1. The predicted molar refractivity (Wildman–Crippen MR) is 75.8 cm³/mol. The molecule has 0 bridgehead atoms. The van der Waals surface area contributed by atoms with Crippen LogP contribution in [-0.2, 0) is 0 Å². The summed E-state index contributed by atoms with van der Waals surface area (Å²) in [6.07, 6.45) is 4.64. The molecule has 1 amide bonds. The van der Waals surface area contributed by atoms with Crippen LogP contribution in [-0.4, -0.2) is 41.7 Å². The standard InChI is InChI=1S/C16H21NO3/c18-10-9-17(14-5-6-14)16(19)13-3-7-15(8-4-13)20-11-12-1-2-12/h3-4,7-8,12,14,18H,1-2,5-6,9-11H2. The van der Waals surface area contributed by atoms with Gasteiger partial charge in [0.2, 0.25) is 0 Å². The van der Waals surface area contributed by atoms with Crippen molar-refractivity contribution in [3.8, 4) is 5.75 Å². The number of nitrogens with zero attached hydrogens (tertiary/aromatic N) is 1. The van der Waals surface area contributed by atoms with Crippen LogP contribution in [0.3, 0.4) is 0 Å². The second-order valence-electron chi connectivity index (χ2n) is 5.73. The maximum atomic E-state index is 12.4. The summed E-state index contributed by atoms with van der Waals surface area (Å²) < 4.78 is 5.67. The minimum absolute atomic E-state index is 0.00953. The number of aliphatic hydroxyl groups excluding tert-OH is 1. The molecule has 1 aromatic rings.